The molecule has 0 aliphatic rings. The number of carbonyl (C=O) groups excluding carboxylic acids is 2. The summed E-state index contributed by atoms with van der Waals surface area (Å²) in [6.45, 7) is 0.238. The molecule has 0 amide bonds. The molecular formula is C24H21BrO6. The summed E-state index contributed by atoms with van der Waals surface area (Å²) in [7, 11) is 1.53. The average molecular weight is 485 g/mol. The van der Waals surface area contributed by atoms with E-state index in [-0.39, 0.29) is 13.2 Å². The molecule has 7 heteroatoms. The van der Waals surface area contributed by atoms with Crippen molar-refractivity contribution in [2.45, 2.75) is 0 Å². The molecule has 0 radical (unpaired) electrons. The molecule has 0 bridgehead atoms. The van der Waals surface area contributed by atoms with E-state index in [1.54, 1.807) is 6.07 Å². The van der Waals surface area contributed by atoms with Gasteiger partial charge in [0.2, 0.25) is 0 Å². The maximum absolute atomic E-state index is 12.1. The van der Waals surface area contributed by atoms with E-state index in [0.717, 1.165) is 15.6 Å². The van der Waals surface area contributed by atoms with E-state index in [2.05, 4.69) is 15.9 Å². The molecule has 160 valence electrons. The highest BCUT2D eigenvalue weighted by molar-refractivity contribution is 9.10. The van der Waals surface area contributed by atoms with E-state index >= 15 is 0 Å². The molecular weight excluding hydrogens is 464 g/mol. The number of benzene rings is 3. The van der Waals surface area contributed by atoms with Crippen molar-refractivity contribution in [2.24, 2.45) is 0 Å². The van der Waals surface area contributed by atoms with Crippen molar-refractivity contribution in [2.75, 3.05) is 26.9 Å². The Morgan fingerprint density at radius 3 is 2.29 bits per heavy atom. The van der Waals surface area contributed by atoms with Gasteiger partial charge in [0.05, 0.1) is 16.6 Å². The quantitative estimate of drug-likeness (QED) is 0.244. The topological polar surface area (TPSA) is 71.1 Å². The van der Waals surface area contributed by atoms with Crippen molar-refractivity contribution < 1.29 is 28.5 Å². The maximum Gasteiger partial charge on any atom is 0.349 e. The number of esters is 2. The van der Waals surface area contributed by atoms with Crippen molar-refractivity contribution >= 4 is 27.9 Å². The minimum atomic E-state index is -0.561. The molecule has 0 heterocycles. The lowest BCUT2D eigenvalue weighted by atomic mass is 10.1. The standard InChI is InChI=1S/C24H21BrO6/c1-28-13-14-29-24(27)18-7-10-20(11-8-18)31-23(26)16-30-22-12-9-19(15-21(22)25)17-5-3-2-4-6-17/h2-12,15H,13-14,16H2,1H3. The van der Waals surface area contributed by atoms with E-state index in [1.165, 1.54) is 31.4 Å². The molecule has 6 nitrogen and oxygen atoms in total. The molecule has 3 aromatic rings. The first-order valence-corrected chi connectivity index (χ1v) is 10.3. The van der Waals surface area contributed by atoms with Gasteiger partial charge in [0.15, 0.2) is 6.61 Å². The van der Waals surface area contributed by atoms with Crippen molar-refractivity contribution in [3.05, 3.63) is 82.8 Å². The SMILES string of the molecule is COCCOC(=O)c1ccc(OC(=O)COc2ccc(-c3ccccc3)cc2Br)cc1. The molecule has 0 atom stereocenters. The minimum absolute atomic E-state index is 0.172. The highest BCUT2D eigenvalue weighted by atomic mass is 79.9. The number of methoxy groups -OCH3 is 1. The Hall–Kier alpha value is -3.16. The number of hydrogen-bond acceptors (Lipinski definition) is 6. The van der Waals surface area contributed by atoms with Crippen LogP contribution in [0.1, 0.15) is 10.4 Å². The Morgan fingerprint density at radius 1 is 0.871 bits per heavy atom. The van der Waals surface area contributed by atoms with Gasteiger partial charge >= 0.3 is 11.9 Å². The van der Waals surface area contributed by atoms with Gasteiger partial charge in [-0.15, -0.1) is 0 Å². The van der Waals surface area contributed by atoms with E-state index in [0.29, 0.717) is 23.7 Å². The summed E-state index contributed by atoms with van der Waals surface area (Å²) in [6, 6.07) is 21.7. The Morgan fingerprint density at radius 2 is 1.61 bits per heavy atom. The second kappa shape index (κ2) is 11.3. The van der Waals surface area contributed by atoms with Crippen LogP contribution in [0, 0.1) is 0 Å². The van der Waals surface area contributed by atoms with Crippen LogP contribution >= 0.6 is 15.9 Å². The third-order valence-electron chi connectivity index (χ3n) is 4.23. The van der Waals surface area contributed by atoms with Crippen molar-refractivity contribution in [1.29, 1.82) is 0 Å². The van der Waals surface area contributed by atoms with Crippen molar-refractivity contribution in [1.82, 2.24) is 0 Å². The summed E-state index contributed by atoms with van der Waals surface area (Å²) in [4.78, 5) is 24.0. The van der Waals surface area contributed by atoms with Gasteiger partial charge < -0.3 is 18.9 Å². The highest BCUT2D eigenvalue weighted by Crippen LogP contribution is 2.30. The largest absolute Gasteiger partial charge is 0.481 e. The second-order valence-electron chi connectivity index (χ2n) is 6.43. The number of halogens is 1. The first kappa shape index (κ1) is 22.5. The zero-order chi connectivity index (χ0) is 22.1. The summed E-state index contributed by atoms with van der Waals surface area (Å²) in [6.07, 6.45) is 0. The average Bonchev–Trinajstić information content (AvgIpc) is 2.79. The predicted octanol–water partition coefficient (Wildman–Crippen LogP) is 4.90. The normalized spacial score (nSPS) is 10.4. The molecule has 0 N–H and O–H groups in total. The minimum Gasteiger partial charge on any atom is -0.481 e. The van der Waals surface area contributed by atoms with E-state index in [9.17, 15) is 9.59 Å². The van der Waals surface area contributed by atoms with Crippen LogP contribution in [0.15, 0.2) is 77.3 Å². The first-order chi connectivity index (χ1) is 15.1. The molecule has 0 aliphatic heterocycles. The van der Waals surface area contributed by atoms with Gasteiger partial charge in [-0.05, 0) is 63.5 Å². The van der Waals surface area contributed by atoms with Crippen molar-refractivity contribution in [3.8, 4) is 22.6 Å². The molecule has 3 rings (SSSR count). The summed E-state index contributed by atoms with van der Waals surface area (Å²) >= 11 is 3.48. The smallest absolute Gasteiger partial charge is 0.349 e. The van der Waals surface area contributed by atoms with Gasteiger partial charge in [0, 0.05) is 7.11 Å². The summed E-state index contributed by atoms with van der Waals surface area (Å²) in [5.41, 5.74) is 2.47. The molecule has 31 heavy (non-hydrogen) atoms. The summed E-state index contributed by atoms with van der Waals surface area (Å²) < 4.78 is 21.4. The number of rotatable bonds is 9. The van der Waals surface area contributed by atoms with Crippen LogP contribution in [0.4, 0.5) is 0 Å². The van der Waals surface area contributed by atoms with Crippen LogP contribution in [0.25, 0.3) is 11.1 Å². The van der Waals surface area contributed by atoms with Gasteiger partial charge in [-0.2, -0.15) is 0 Å². The van der Waals surface area contributed by atoms with Crippen LogP contribution in [-0.2, 0) is 14.3 Å². The van der Waals surface area contributed by atoms with E-state index < -0.39 is 11.9 Å². The predicted molar refractivity (Wildman–Crippen MR) is 119 cm³/mol. The molecule has 0 saturated carbocycles. The zero-order valence-electron chi connectivity index (χ0n) is 16.9. The summed E-state index contributed by atoms with van der Waals surface area (Å²) in [5.74, 6) is -0.192. The lowest BCUT2D eigenvalue weighted by Gasteiger charge is -2.10. The maximum atomic E-state index is 12.1. The molecule has 0 unspecified atom stereocenters. The lowest BCUT2D eigenvalue weighted by Crippen LogP contribution is -2.18. The molecule has 0 saturated heterocycles. The fraction of sp³-hybridized carbons (Fsp3) is 0.167. The van der Waals surface area contributed by atoms with Gasteiger partial charge in [0.25, 0.3) is 0 Å². The van der Waals surface area contributed by atoms with Crippen LogP contribution in [0.2, 0.25) is 0 Å². The molecule has 0 fully saturated rings. The van der Waals surface area contributed by atoms with E-state index in [1.807, 2.05) is 42.5 Å². The van der Waals surface area contributed by atoms with Crippen LogP contribution < -0.4 is 9.47 Å². The fourth-order valence-corrected chi connectivity index (χ4v) is 3.18. The number of carbonyl (C=O) groups is 2. The summed E-state index contributed by atoms with van der Waals surface area (Å²) in [5, 5.41) is 0. The van der Waals surface area contributed by atoms with Crippen molar-refractivity contribution in [3.63, 3.8) is 0 Å². The Kier molecular flexibility index (Phi) is 8.20. The van der Waals surface area contributed by atoms with Gasteiger partial charge in [-0.3, -0.25) is 0 Å². The lowest BCUT2D eigenvalue weighted by molar-refractivity contribution is -0.136. The first-order valence-electron chi connectivity index (χ1n) is 9.51. The van der Waals surface area contributed by atoms with Gasteiger partial charge in [-0.1, -0.05) is 36.4 Å². The third-order valence-corrected chi connectivity index (χ3v) is 4.85. The van der Waals surface area contributed by atoms with Crippen LogP contribution in [0.3, 0.4) is 0 Å². The molecule has 3 aromatic carbocycles. The highest BCUT2D eigenvalue weighted by Gasteiger charge is 2.11. The molecule has 0 spiro atoms. The zero-order valence-corrected chi connectivity index (χ0v) is 18.5. The Labute approximate surface area is 188 Å². The fourth-order valence-electron chi connectivity index (χ4n) is 2.69. The van der Waals surface area contributed by atoms with E-state index in [4.69, 9.17) is 18.9 Å². The number of hydrogen-bond donors (Lipinski definition) is 0. The number of ether oxygens (including phenoxy) is 4. The molecule has 0 aliphatic carbocycles. The monoisotopic (exact) mass is 484 g/mol. The van der Waals surface area contributed by atoms with Crippen LogP contribution in [0.5, 0.6) is 11.5 Å². The van der Waals surface area contributed by atoms with Gasteiger partial charge in [-0.25, -0.2) is 9.59 Å². The van der Waals surface area contributed by atoms with Crippen LogP contribution in [-0.4, -0.2) is 38.9 Å². The Bertz CT molecular complexity index is 1020. The van der Waals surface area contributed by atoms with Gasteiger partial charge in [0.1, 0.15) is 18.1 Å². The molecule has 0 aromatic heterocycles. The third kappa shape index (κ3) is 6.67. The Balaban J connectivity index is 1.51. The second-order valence-corrected chi connectivity index (χ2v) is 7.28.